The summed E-state index contributed by atoms with van der Waals surface area (Å²) in [6, 6.07) is 49.2. The maximum Gasteiger partial charge on any atom is -0.0253 e. The van der Waals surface area contributed by atoms with E-state index < -0.39 is 0 Å². The van der Waals surface area contributed by atoms with Gasteiger partial charge in [0.05, 0.1) is 0 Å². The Kier molecular flexibility index (Phi) is 9.61. The topological polar surface area (TPSA) is 0 Å². The molecule has 0 fully saturated rings. The summed E-state index contributed by atoms with van der Waals surface area (Å²) >= 11 is 1.46. The summed E-state index contributed by atoms with van der Waals surface area (Å²) in [6.45, 7) is 0. The molecule has 0 radical (unpaired) electrons. The molecule has 1 aliphatic carbocycles. The molecule has 0 nitrogen and oxygen atoms in total. The van der Waals surface area contributed by atoms with Gasteiger partial charge in [-0.2, -0.15) is 48.0 Å². The number of benzene rings is 4. The monoisotopic (exact) mass is 501 g/mol. The average molecular weight is 503 g/mol. The molecular weight excluding hydrogens is 476 g/mol. The van der Waals surface area contributed by atoms with Crippen LogP contribution in [0.2, 0.25) is 0 Å². The maximum absolute atomic E-state index is 3.30. The molecule has 5 aromatic rings. The molecule has 0 aromatic heterocycles. The zero-order valence-electron chi connectivity index (χ0n) is 18.9. The largest absolute Gasteiger partial charge is 0.214 e. The van der Waals surface area contributed by atoms with Gasteiger partial charge in [-0.05, 0) is 6.42 Å². The molecular formula is C32H27Zr-3. The van der Waals surface area contributed by atoms with Crippen LogP contribution in [0.1, 0.15) is 22.3 Å². The van der Waals surface area contributed by atoms with Crippen molar-refractivity contribution in [3.63, 3.8) is 0 Å². The van der Waals surface area contributed by atoms with Crippen molar-refractivity contribution >= 4 is 3.21 Å². The van der Waals surface area contributed by atoms with E-state index in [4.69, 9.17) is 0 Å². The first-order chi connectivity index (χ1) is 15.8. The third-order valence-corrected chi connectivity index (χ3v) is 6.72. The van der Waals surface area contributed by atoms with E-state index in [0.29, 0.717) is 0 Å². The van der Waals surface area contributed by atoms with Gasteiger partial charge >= 0.3 is 99.2 Å². The van der Waals surface area contributed by atoms with Gasteiger partial charge in [-0.25, -0.2) is 12.1 Å². The Morgan fingerprint density at radius 1 is 0.636 bits per heavy atom. The van der Waals surface area contributed by atoms with Gasteiger partial charge in [0.25, 0.3) is 0 Å². The van der Waals surface area contributed by atoms with Crippen LogP contribution in [-0.4, -0.2) is 3.21 Å². The van der Waals surface area contributed by atoms with Crippen molar-refractivity contribution in [2.24, 2.45) is 0 Å². The van der Waals surface area contributed by atoms with Gasteiger partial charge in [-0.1, -0.05) is 35.4 Å². The van der Waals surface area contributed by atoms with E-state index in [1.54, 1.807) is 0 Å². The first-order valence-electron chi connectivity index (χ1n) is 10.8. The zero-order valence-corrected chi connectivity index (χ0v) is 21.4. The molecule has 0 saturated heterocycles. The number of hydrogen-bond acceptors (Lipinski definition) is 0. The predicted octanol–water partition coefficient (Wildman–Crippen LogP) is 7.72. The van der Waals surface area contributed by atoms with E-state index in [9.17, 15) is 0 Å². The second-order valence-electron chi connectivity index (χ2n) is 7.47. The van der Waals surface area contributed by atoms with Crippen LogP contribution < -0.4 is 0 Å². The van der Waals surface area contributed by atoms with Crippen LogP contribution in [-0.2, 0) is 30.7 Å². The Bertz CT molecular complexity index is 1130. The second-order valence-corrected chi connectivity index (χ2v) is 8.69. The summed E-state index contributed by atoms with van der Waals surface area (Å²) in [7, 11) is 0. The van der Waals surface area contributed by atoms with E-state index >= 15 is 0 Å². The fourth-order valence-corrected chi connectivity index (χ4v) is 4.51. The molecule has 0 N–H and O–H groups in total. The number of hydrogen-bond donors (Lipinski definition) is 0. The van der Waals surface area contributed by atoms with Crippen molar-refractivity contribution in [1.82, 2.24) is 0 Å². The van der Waals surface area contributed by atoms with Crippen molar-refractivity contribution in [3.8, 4) is 11.1 Å². The molecule has 0 saturated carbocycles. The molecule has 0 aliphatic heterocycles. The summed E-state index contributed by atoms with van der Waals surface area (Å²) < 4.78 is 1.42. The van der Waals surface area contributed by atoms with Gasteiger partial charge < -0.3 is 7.43 Å². The van der Waals surface area contributed by atoms with Crippen LogP contribution >= 0.6 is 0 Å². The van der Waals surface area contributed by atoms with E-state index in [2.05, 4.69) is 103 Å². The van der Waals surface area contributed by atoms with Crippen molar-refractivity contribution in [3.05, 3.63) is 169 Å². The van der Waals surface area contributed by atoms with Crippen LogP contribution in [0, 0.1) is 13.5 Å². The van der Waals surface area contributed by atoms with Crippen molar-refractivity contribution in [2.75, 3.05) is 0 Å². The number of fused-ring (bicyclic) bond motifs is 3. The van der Waals surface area contributed by atoms with Crippen LogP contribution in [0.4, 0.5) is 0 Å². The van der Waals surface area contributed by atoms with Gasteiger partial charge in [0.15, 0.2) is 0 Å². The summed E-state index contributed by atoms with van der Waals surface area (Å²) in [5.41, 5.74) is 8.17. The average Bonchev–Trinajstić information content (AvgIpc) is 3.57. The standard InChI is InChI=1S/C13H9.C13H10.C5H5.CH3.Zr/c1-3-7-12-10(5-1)9-11-6-2-4-8-13(11)12;1-3-7-12(8-4-1)11-13-9-5-2-6-10-13;1-2-4-5-3-1;;/h1-5,7-8H,9H2;1-10H;1-5H;1H3;/q-1;;2*-1;. The number of rotatable bonds is 2. The van der Waals surface area contributed by atoms with Gasteiger partial charge in [0.1, 0.15) is 0 Å². The van der Waals surface area contributed by atoms with E-state index in [1.807, 2.05) is 36.4 Å². The molecule has 6 rings (SSSR count). The van der Waals surface area contributed by atoms with E-state index in [1.165, 1.54) is 60.8 Å². The summed E-state index contributed by atoms with van der Waals surface area (Å²) in [4.78, 5) is 0. The molecule has 1 aliphatic rings. The van der Waals surface area contributed by atoms with Crippen LogP contribution in [0.15, 0.2) is 133 Å². The van der Waals surface area contributed by atoms with Gasteiger partial charge in [-0.15, -0.1) is 5.56 Å². The van der Waals surface area contributed by atoms with E-state index in [0.717, 1.165) is 6.42 Å². The molecule has 0 heterocycles. The molecule has 0 amide bonds. The fraction of sp³-hybridized carbons (Fsp3) is 0.0312. The fourth-order valence-electron chi connectivity index (χ4n) is 3.69. The minimum atomic E-state index is 0. The Hall–Kier alpha value is -3.02. The Morgan fingerprint density at radius 3 is 1.76 bits per heavy atom. The summed E-state index contributed by atoms with van der Waals surface area (Å²) in [5.74, 6) is 0. The van der Waals surface area contributed by atoms with Gasteiger partial charge in [0.2, 0.25) is 0 Å². The molecule has 162 valence electrons. The predicted molar refractivity (Wildman–Crippen MR) is 138 cm³/mol. The zero-order chi connectivity index (χ0) is 22.0. The molecule has 1 heteroatoms. The molecule has 33 heavy (non-hydrogen) atoms. The van der Waals surface area contributed by atoms with Crippen molar-refractivity contribution in [1.29, 1.82) is 0 Å². The Labute approximate surface area is 213 Å². The Balaban J connectivity index is 0.000000150. The van der Waals surface area contributed by atoms with Crippen LogP contribution in [0.3, 0.4) is 0 Å². The van der Waals surface area contributed by atoms with Crippen molar-refractivity contribution < 1.29 is 24.2 Å². The smallest absolute Gasteiger partial charge is 0.0253 e. The molecule has 0 atom stereocenters. The van der Waals surface area contributed by atoms with Gasteiger partial charge in [0, 0.05) is 0 Å². The first kappa shape index (κ1) is 24.6. The third-order valence-electron chi connectivity index (χ3n) is 5.30. The molecule has 0 unspecified atom stereocenters. The maximum atomic E-state index is 3.30. The SMILES string of the molecule is [CH3-].[Zr]=[C](c1ccccc1)c1ccccc1.[c-]1cccc2c1Cc1ccccc1-2.c1cc[cH-]c1. The summed E-state index contributed by atoms with van der Waals surface area (Å²) in [5, 5.41) is 0. The van der Waals surface area contributed by atoms with E-state index in [-0.39, 0.29) is 7.43 Å². The molecule has 0 spiro atoms. The van der Waals surface area contributed by atoms with Crippen LogP contribution in [0.5, 0.6) is 0 Å². The molecule has 0 bridgehead atoms. The first-order valence-corrected chi connectivity index (χ1v) is 12.0. The third kappa shape index (κ3) is 6.73. The van der Waals surface area contributed by atoms with Gasteiger partial charge in [-0.3, -0.25) is 0 Å². The quantitative estimate of drug-likeness (QED) is 0.213. The van der Waals surface area contributed by atoms with Crippen molar-refractivity contribution in [2.45, 2.75) is 6.42 Å². The molecule has 5 aromatic carbocycles. The van der Waals surface area contributed by atoms with Crippen LogP contribution in [0.25, 0.3) is 11.1 Å². The Morgan fingerprint density at radius 2 is 1.18 bits per heavy atom. The summed E-state index contributed by atoms with van der Waals surface area (Å²) in [6.07, 6.45) is 1.05. The minimum absolute atomic E-state index is 0. The normalized spacial score (nSPS) is 10.2. The second kappa shape index (κ2) is 12.9. The minimum Gasteiger partial charge on any atom is -0.214 e.